The van der Waals surface area contributed by atoms with Crippen LogP contribution in [0.15, 0.2) is 24.3 Å². The first kappa shape index (κ1) is 12.8. The van der Waals surface area contributed by atoms with E-state index in [0.717, 1.165) is 0 Å². The van der Waals surface area contributed by atoms with Gasteiger partial charge in [0.1, 0.15) is 0 Å². The number of hydrogen-bond donors (Lipinski definition) is 1. The maximum absolute atomic E-state index is 5.22. The lowest BCUT2D eigenvalue weighted by atomic mass is 10.0. The standard InChI is InChI=1S/C15H21N/c1-4-6-7-14-8-10-15(11-9-14)13(3)16-12-5-2/h2,8-11,13,16H,4,6-7,12H2,1,3H3. The van der Waals surface area contributed by atoms with Crippen molar-refractivity contribution < 1.29 is 0 Å². The van der Waals surface area contributed by atoms with Gasteiger partial charge in [0.05, 0.1) is 6.54 Å². The molecule has 1 rings (SSSR count). The minimum absolute atomic E-state index is 0.330. The molecule has 1 unspecified atom stereocenters. The van der Waals surface area contributed by atoms with Crippen LogP contribution in [0.3, 0.4) is 0 Å². The molecule has 86 valence electrons. The van der Waals surface area contributed by atoms with Crippen LogP contribution in [0.1, 0.15) is 43.9 Å². The molecule has 0 aromatic heterocycles. The van der Waals surface area contributed by atoms with Crippen molar-refractivity contribution in [1.29, 1.82) is 0 Å². The summed E-state index contributed by atoms with van der Waals surface area (Å²) in [5.41, 5.74) is 2.73. The third-order valence-electron chi connectivity index (χ3n) is 2.81. The Bertz CT molecular complexity index is 331. The van der Waals surface area contributed by atoms with Gasteiger partial charge in [0, 0.05) is 6.04 Å². The Morgan fingerprint density at radius 3 is 2.56 bits per heavy atom. The van der Waals surface area contributed by atoms with Gasteiger partial charge in [0.2, 0.25) is 0 Å². The lowest BCUT2D eigenvalue weighted by Crippen LogP contribution is -2.18. The summed E-state index contributed by atoms with van der Waals surface area (Å²) < 4.78 is 0. The Balaban J connectivity index is 2.53. The van der Waals surface area contributed by atoms with Gasteiger partial charge in [-0.1, -0.05) is 43.5 Å². The van der Waals surface area contributed by atoms with Gasteiger partial charge >= 0.3 is 0 Å². The number of unbranched alkanes of at least 4 members (excludes halogenated alkanes) is 1. The first-order valence-electron chi connectivity index (χ1n) is 6.03. The number of nitrogens with one attached hydrogen (secondary N) is 1. The van der Waals surface area contributed by atoms with Crippen molar-refractivity contribution in [2.75, 3.05) is 6.54 Å². The highest BCUT2D eigenvalue weighted by molar-refractivity contribution is 5.25. The first-order valence-corrected chi connectivity index (χ1v) is 6.03. The predicted octanol–water partition coefficient (Wildman–Crippen LogP) is 3.31. The van der Waals surface area contributed by atoms with Crippen LogP contribution >= 0.6 is 0 Å². The molecule has 1 aromatic carbocycles. The van der Waals surface area contributed by atoms with E-state index in [1.807, 2.05) is 0 Å². The topological polar surface area (TPSA) is 12.0 Å². The third-order valence-corrected chi connectivity index (χ3v) is 2.81. The first-order chi connectivity index (χ1) is 7.77. The minimum atomic E-state index is 0.330. The summed E-state index contributed by atoms with van der Waals surface area (Å²) in [6, 6.07) is 9.16. The molecule has 0 saturated carbocycles. The van der Waals surface area contributed by atoms with Crippen LogP contribution in [0.4, 0.5) is 0 Å². The minimum Gasteiger partial charge on any atom is -0.300 e. The zero-order valence-electron chi connectivity index (χ0n) is 10.3. The van der Waals surface area contributed by atoms with Crippen molar-refractivity contribution in [1.82, 2.24) is 5.32 Å². The smallest absolute Gasteiger partial charge is 0.0578 e. The SMILES string of the molecule is C#CCNC(C)c1ccc(CCCC)cc1. The Morgan fingerprint density at radius 1 is 1.31 bits per heavy atom. The third kappa shape index (κ3) is 4.08. The maximum atomic E-state index is 5.22. The molecule has 0 radical (unpaired) electrons. The fraction of sp³-hybridized carbons (Fsp3) is 0.467. The van der Waals surface area contributed by atoms with E-state index in [0.29, 0.717) is 12.6 Å². The van der Waals surface area contributed by atoms with Crippen LogP contribution < -0.4 is 5.32 Å². The molecule has 0 bridgehead atoms. The molecule has 1 heteroatoms. The molecule has 0 spiro atoms. The van der Waals surface area contributed by atoms with E-state index in [1.165, 1.54) is 30.4 Å². The second-order valence-corrected chi connectivity index (χ2v) is 4.15. The van der Waals surface area contributed by atoms with Crippen molar-refractivity contribution in [3.8, 4) is 12.3 Å². The average molecular weight is 215 g/mol. The molecule has 1 atom stereocenters. The summed E-state index contributed by atoms with van der Waals surface area (Å²) in [6.45, 7) is 4.98. The predicted molar refractivity (Wildman–Crippen MR) is 70.3 cm³/mol. The van der Waals surface area contributed by atoms with E-state index in [-0.39, 0.29) is 0 Å². The van der Waals surface area contributed by atoms with E-state index in [4.69, 9.17) is 6.42 Å². The van der Waals surface area contributed by atoms with E-state index < -0.39 is 0 Å². The van der Waals surface area contributed by atoms with E-state index in [2.05, 4.69) is 49.4 Å². The molecule has 1 aromatic rings. The van der Waals surface area contributed by atoms with Crippen molar-refractivity contribution in [3.63, 3.8) is 0 Å². The van der Waals surface area contributed by atoms with E-state index in [9.17, 15) is 0 Å². The van der Waals surface area contributed by atoms with Crippen LogP contribution in [-0.4, -0.2) is 6.54 Å². The zero-order chi connectivity index (χ0) is 11.8. The number of rotatable bonds is 6. The Morgan fingerprint density at radius 2 is 2.00 bits per heavy atom. The quantitative estimate of drug-likeness (QED) is 0.718. The molecule has 0 aliphatic rings. The molecular formula is C15H21N. The van der Waals surface area contributed by atoms with Crippen molar-refractivity contribution in [2.24, 2.45) is 0 Å². The second kappa shape index (κ2) is 7.09. The second-order valence-electron chi connectivity index (χ2n) is 4.15. The normalized spacial score (nSPS) is 12.1. The lowest BCUT2D eigenvalue weighted by Gasteiger charge is -2.12. The van der Waals surface area contributed by atoms with Gasteiger partial charge in [-0.25, -0.2) is 0 Å². The van der Waals surface area contributed by atoms with Gasteiger partial charge in [-0.2, -0.15) is 0 Å². The van der Waals surface area contributed by atoms with E-state index in [1.54, 1.807) is 0 Å². The number of benzene rings is 1. The van der Waals surface area contributed by atoms with Crippen LogP contribution in [0.2, 0.25) is 0 Å². The molecule has 0 saturated heterocycles. The molecule has 0 fully saturated rings. The van der Waals surface area contributed by atoms with Crippen LogP contribution in [0, 0.1) is 12.3 Å². The summed E-state index contributed by atoms with van der Waals surface area (Å²) >= 11 is 0. The summed E-state index contributed by atoms with van der Waals surface area (Å²) in [4.78, 5) is 0. The summed E-state index contributed by atoms with van der Waals surface area (Å²) in [6.07, 6.45) is 8.92. The summed E-state index contributed by atoms with van der Waals surface area (Å²) in [5.74, 6) is 2.60. The Hall–Kier alpha value is -1.26. The van der Waals surface area contributed by atoms with Gasteiger partial charge in [0.15, 0.2) is 0 Å². The Kier molecular flexibility index (Phi) is 5.67. The summed E-state index contributed by atoms with van der Waals surface area (Å²) in [7, 11) is 0. The van der Waals surface area contributed by atoms with Crippen LogP contribution in [0.25, 0.3) is 0 Å². The van der Waals surface area contributed by atoms with Gasteiger partial charge in [-0.15, -0.1) is 6.42 Å². The molecular weight excluding hydrogens is 194 g/mol. The fourth-order valence-electron chi connectivity index (χ4n) is 1.68. The molecule has 0 heterocycles. The number of aryl methyl sites for hydroxylation is 1. The monoisotopic (exact) mass is 215 g/mol. The lowest BCUT2D eigenvalue weighted by molar-refractivity contribution is 0.623. The zero-order valence-corrected chi connectivity index (χ0v) is 10.3. The van der Waals surface area contributed by atoms with Crippen molar-refractivity contribution >= 4 is 0 Å². The molecule has 1 N–H and O–H groups in total. The molecule has 16 heavy (non-hydrogen) atoms. The highest BCUT2D eigenvalue weighted by Crippen LogP contribution is 2.14. The highest BCUT2D eigenvalue weighted by Gasteiger charge is 2.03. The Labute approximate surface area is 99.3 Å². The average Bonchev–Trinajstić information content (AvgIpc) is 2.34. The van der Waals surface area contributed by atoms with Gasteiger partial charge in [0.25, 0.3) is 0 Å². The molecule has 0 amide bonds. The fourth-order valence-corrected chi connectivity index (χ4v) is 1.68. The van der Waals surface area contributed by atoms with Crippen molar-refractivity contribution in [2.45, 2.75) is 39.2 Å². The van der Waals surface area contributed by atoms with E-state index >= 15 is 0 Å². The van der Waals surface area contributed by atoms with Crippen LogP contribution in [-0.2, 0) is 6.42 Å². The maximum Gasteiger partial charge on any atom is 0.0578 e. The van der Waals surface area contributed by atoms with Gasteiger partial charge in [-0.05, 0) is 30.9 Å². The molecule has 0 aliphatic carbocycles. The van der Waals surface area contributed by atoms with Crippen LogP contribution in [0.5, 0.6) is 0 Å². The molecule has 0 aliphatic heterocycles. The van der Waals surface area contributed by atoms with Gasteiger partial charge < -0.3 is 0 Å². The largest absolute Gasteiger partial charge is 0.300 e. The van der Waals surface area contributed by atoms with Crippen molar-refractivity contribution in [3.05, 3.63) is 35.4 Å². The molecule has 1 nitrogen and oxygen atoms in total. The number of hydrogen-bond acceptors (Lipinski definition) is 1. The summed E-state index contributed by atoms with van der Waals surface area (Å²) in [5, 5.41) is 3.28. The van der Waals surface area contributed by atoms with Gasteiger partial charge in [-0.3, -0.25) is 5.32 Å². The highest BCUT2D eigenvalue weighted by atomic mass is 14.9. The number of terminal acetylenes is 1.